The van der Waals surface area contributed by atoms with E-state index in [0.717, 1.165) is 48.1 Å². The van der Waals surface area contributed by atoms with Crippen LogP contribution in [0.4, 0.5) is 13.2 Å². The van der Waals surface area contributed by atoms with Gasteiger partial charge in [-0.05, 0) is 60.1 Å². The van der Waals surface area contributed by atoms with Gasteiger partial charge in [-0.15, -0.1) is 46.2 Å². The van der Waals surface area contributed by atoms with Crippen molar-refractivity contribution in [3.05, 3.63) is 88.7 Å². The van der Waals surface area contributed by atoms with Crippen molar-refractivity contribution in [2.45, 2.75) is 101 Å². The van der Waals surface area contributed by atoms with E-state index in [1.807, 2.05) is 68.4 Å². The van der Waals surface area contributed by atoms with Crippen molar-refractivity contribution in [1.29, 1.82) is 0 Å². The van der Waals surface area contributed by atoms with Crippen molar-refractivity contribution < 1.29 is 48.7 Å². The molecule has 4 aromatic rings. The molecule has 48 heavy (non-hydrogen) atoms. The molecule has 0 bridgehead atoms. The van der Waals surface area contributed by atoms with E-state index in [2.05, 4.69) is 11.1 Å². The van der Waals surface area contributed by atoms with Gasteiger partial charge >= 0.3 is 6.18 Å². The van der Waals surface area contributed by atoms with E-state index in [1.165, 1.54) is 18.3 Å². The minimum absolute atomic E-state index is 0. The summed E-state index contributed by atoms with van der Waals surface area (Å²) < 4.78 is 77.9. The molecule has 0 fully saturated rings. The third-order valence-electron chi connectivity index (χ3n) is 7.98. The van der Waals surface area contributed by atoms with Crippen LogP contribution in [0.1, 0.15) is 102 Å². The summed E-state index contributed by atoms with van der Waals surface area (Å²) in [5, 5.41) is 9.67. The molecule has 1 N–H and O–H groups in total. The molecule has 0 unspecified atom stereocenters. The first kappa shape index (κ1) is 35.0. The van der Waals surface area contributed by atoms with Crippen molar-refractivity contribution in [2.24, 2.45) is 17.3 Å². The van der Waals surface area contributed by atoms with Gasteiger partial charge < -0.3 is 10.1 Å². The Balaban J connectivity index is 0.000000497. The molecule has 3 nitrogen and oxygen atoms in total. The standard InChI is InChI=1S/C27H25F3NS.C13H24O2.Ir/c1-16-12-17(2)14-20(13-16)23-25-21(10-11-31-23)22(27(28,29)30)24(32-25)19-8-6-18(7-9-19)15-26(3,4)5;1-5-10(6-2)12(14)9-13(15)11(7-3)8-4;/h6-13H,15H2,1-5H3;9-11,14H,5-8H2,1-4H3;/q-1;;/b;12-9-;/i6D,7D,8D,9D;;. The predicted molar refractivity (Wildman–Crippen MR) is 191 cm³/mol. The Hall–Kier alpha value is -2.80. The maximum atomic E-state index is 14.5. The summed E-state index contributed by atoms with van der Waals surface area (Å²) in [6, 6.07) is 6.59. The fraction of sp³-hybridized carbons (Fsp3) is 0.450. The van der Waals surface area contributed by atoms with Crippen LogP contribution in [-0.4, -0.2) is 15.9 Å². The molecule has 8 heteroatoms. The summed E-state index contributed by atoms with van der Waals surface area (Å²) in [5.74, 6) is 0.547. The number of aryl methyl sites for hydroxylation is 2. The fourth-order valence-corrected chi connectivity index (χ4v) is 6.82. The number of carbonyl (C=O) groups is 1. The first-order valence-corrected chi connectivity index (χ1v) is 17.1. The van der Waals surface area contributed by atoms with Gasteiger partial charge in [0, 0.05) is 59.5 Å². The van der Waals surface area contributed by atoms with E-state index in [-0.39, 0.29) is 93.5 Å². The zero-order valence-electron chi connectivity index (χ0n) is 33.3. The number of alkyl halides is 3. The van der Waals surface area contributed by atoms with Crippen LogP contribution in [0.3, 0.4) is 0 Å². The fourth-order valence-electron chi connectivity index (χ4n) is 5.55. The van der Waals surface area contributed by atoms with Crippen molar-refractivity contribution in [2.75, 3.05) is 0 Å². The van der Waals surface area contributed by atoms with Crippen LogP contribution in [0.25, 0.3) is 31.8 Å². The van der Waals surface area contributed by atoms with Gasteiger partial charge in [0.1, 0.15) is 0 Å². The maximum Gasteiger partial charge on any atom is 0.418 e. The average molecular weight is 861 g/mol. The Morgan fingerprint density at radius 1 is 1.00 bits per heavy atom. The van der Waals surface area contributed by atoms with Gasteiger partial charge in [0.15, 0.2) is 5.78 Å². The smallest absolute Gasteiger partial charge is 0.418 e. The molecular formula is C40H49F3IrNO2S-. The number of rotatable bonds is 10. The first-order chi connectivity index (χ1) is 23.7. The molecule has 0 aliphatic rings. The van der Waals surface area contributed by atoms with Crippen LogP contribution < -0.4 is 0 Å². The third kappa shape index (κ3) is 10.9. The van der Waals surface area contributed by atoms with Crippen molar-refractivity contribution >= 4 is 27.2 Å². The van der Waals surface area contributed by atoms with Crippen molar-refractivity contribution in [3.8, 4) is 21.7 Å². The normalized spacial score (nSPS) is 13.4. The molecule has 0 atom stereocenters. The molecule has 0 aliphatic carbocycles. The van der Waals surface area contributed by atoms with Gasteiger partial charge in [-0.2, -0.15) is 13.2 Å². The number of hydrogen-bond donors (Lipinski definition) is 1. The molecule has 1 radical (unpaired) electrons. The van der Waals surface area contributed by atoms with Gasteiger partial charge in [0.25, 0.3) is 0 Å². The number of pyridine rings is 1. The minimum Gasteiger partial charge on any atom is -0.512 e. The number of aliphatic hydroxyl groups excluding tert-OH is 1. The molecule has 0 amide bonds. The zero-order chi connectivity index (χ0) is 38.6. The summed E-state index contributed by atoms with van der Waals surface area (Å²) in [5.41, 5.74) is 1.19. The number of allylic oxidation sites excluding steroid dienone is 2. The number of aromatic nitrogens is 1. The summed E-state index contributed by atoms with van der Waals surface area (Å²) in [6.45, 7) is 17.5. The molecular weight excluding hydrogens is 808 g/mol. The molecule has 4 rings (SSSR count). The van der Waals surface area contributed by atoms with E-state index in [1.54, 1.807) is 6.07 Å². The Kier molecular flexibility index (Phi) is 12.9. The number of carbonyl (C=O) groups excluding carboxylic acids is 1. The first-order valence-electron chi connectivity index (χ1n) is 18.2. The molecule has 263 valence electrons. The molecule has 2 aromatic carbocycles. The number of benzene rings is 2. The second-order valence-corrected chi connectivity index (χ2v) is 14.2. The number of ketones is 1. The number of halogens is 3. The average Bonchev–Trinajstić information content (AvgIpc) is 3.43. The van der Waals surface area contributed by atoms with Gasteiger partial charge in [-0.25, -0.2) is 0 Å². The van der Waals surface area contributed by atoms with Crippen LogP contribution >= 0.6 is 11.3 Å². The van der Waals surface area contributed by atoms with E-state index < -0.39 is 23.8 Å². The zero-order valence-corrected chi connectivity index (χ0v) is 32.5. The largest absolute Gasteiger partial charge is 0.512 e. The third-order valence-corrected chi connectivity index (χ3v) is 9.21. The molecule has 2 aromatic heterocycles. The Morgan fingerprint density at radius 2 is 1.58 bits per heavy atom. The summed E-state index contributed by atoms with van der Waals surface area (Å²) in [7, 11) is 0. The molecule has 0 saturated carbocycles. The topological polar surface area (TPSA) is 50.2 Å². The predicted octanol–water partition coefficient (Wildman–Crippen LogP) is 12.5. The van der Waals surface area contributed by atoms with Gasteiger partial charge in [-0.1, -0.05) is 86.5 Å². The number of thiophene rings is 1. The number of nitrogens with zero attached hydrogens (tertiary/aromatic N) is 1. The van der Waals surface area contributed by atoms with Gasteiger partial charge in [0.2, 0.25) is 0 Å². The number of hydrogen-bond acceptors (Lipinski definition) is 4. The maximum absolute atomic E-state index is 14.5. The molecule has 2 heterocycles. The summed E-state index contributed by atoms with van der Waals surface area (Å²) in [4.78, 5) is 15.7. The quantitative estimate of drug-likeness (QED) is 0.0982. The van der Waals surface area contributed by atoms with Crippen LogP contribution in [0.15, 0.2) is 60.4 Å². The molecule has 0 spiro atoms. The number of aliphatic hydroxyl groups is 1. The van der Waals surface area contributed by atoms with E-state index >= 15 is 0 Å². The van der Waals surface area contributed by atoms with Gasteiger partial charge in [0.05, 0.1) is 16.8 Å². The Labute approximate surface area is 308 Å². The number of fused-ring (bicyclic) bond motifs is 1. The van der Waals surface area contributed by atoms with Gasteiger partial charge in [-0.3, -0.25) is 4.79 Å². The second kappa shape index (κ2) is 17.7. The minimum atomic E-state index is -4.79. The monoisotopic (exact) mass is 861 g/mol. The van der Waals surface area contributed by atoms with E-state index in [9.17, 15) is 23.1 Å². The van der Waals surface area contributed by atoms with E-state index in [0.29, 0.717) is 11.3 Å². The van der Waals surface area contributed by atoms with Crippen molar-refractivity contribution in [3.63, 3.8) is 0 Å². The Bertz CT molecular complexity index is 1860. The molecule has 0 saturated heterocycles. The van der Waals surface area contributed by atoms with Crippen molar-refractivity contribution in [1.82, 2.24) is 4.98 Å². The van der Waals surface area contributed by atoms with Crippen LogP contribution in [0.2, 0.25) is 0 Å². The van der Waals surface area contributed by atoms with Crippen LogP contribution in [-0.2, 0) is 37.5 Å². The SMILES string of the molecule is CCC(CC)C(=O)/C=C(\O)C(CC)CC.[2H]c1c([2H])c(-c2sc3c(-c4[c-]c(C)cc(C)c4)nccc3c2C(F)(F)F)c([2H])c([2H])c1CC(C)(C)C.[Ir]. The Morgan fingerprint density at radius 3 is 2.08 bits per heavy atom. The van der Waals surface area contributed by atoms with E-state index in [4.69, 9.17) is 5.48 Å². The molecule has 0 aliphatic heterocycles. The second-order valence-electron chi connectivity index (χ2n) is 13.2. The van der Waals surface area contributed by atoms with Crippen LogP contribution in [0.5, 0.6) is 0 Å². The summed E-state index contributed by atoms with van der Waals surface area (Å²) >= 11 is 0.793. The van der Waals surface area contributed by atoms with Crippen LogP contribution in [0, 0.1) is 37.2 Å². The summed E-state index contributed by atoms with van der Waals surface area (Å²) in [6.07, 6.45) is 1.70.